The number of H-pyrrole nitrogens is 2. The Labute approximate surface area is 99.3 Å². The van der Waals surface area contributed by atoms with Crippen molar-refractivity contribution < 1.29 is 4.42 Å². The second-order valence-corrected chi connectivity index (χ2v) is 3.87. The summed E-state index contributed by atoms with van der Waals surface area (Å²) in [5.41, 5.74) is 0.122. The molecule has 0 aliphatic carbocycles. The third-order valence-electron chi connectivity index (χ3n) is 2.72. The van der Waals surface area contributed by atoms with Crippen molar-refractivity contribution in [3.63, 3.8) is 0 Å². The molecule has 0 aromatic carbocycles. The van der Waals surface area contributed by atoms with E-state index >= 15 is 0 Å². The van der Waals surface area contributed by atoms with Crippen LogP contribution in [0.1, 0.15) is 5.69 Å². The van der Waals surface area contributed by atoms with Crippen molar-refractivity contribution in [2.75, 3.05) is 0 Å². The molecule has 0 spiro atoms. The van der Waals surface area contributed by atoms with Gasteiger partial charge in [0.25, 0.3) is 5.56 Å². The van der Waals surface area contributed by atoms with Crippen molar-refractivity contribution in [3.8, 4) is 11.6 Å². The molecule has 3 aromatic rings. The zero-order valence-corrected chi connectivity index (χ0v) is 9.64. The van der Waals surface area contributed by atoms with Crippen molar-refractivity contribution in [1.82, 2.24) is 24.5 Å². The second kappa shape index (κ2) is 3.42. The molecule has 3 aromatic heterocycles. The highest BCUT2D eigenvalue weighted by atomic mass is 16.3. The number of aromatic nitrogens is 5. The van der Waals surface area contributed by atoms with Crippen LogP contribution in [0.3, 0.4) is 0 Å². The van der Waals surface area contributed by atoms with E-state index in [9.17, 15) is 9.59 Å². The summed E-state index contributed by atoms with van der Waals surface area (Å²) in [7, 11) is 1.53. The lowest BCUT2D eigenvalue weighted by Gasteiger charge is -1.94. The monoisotopic (exact) mass is 247 g/mol. The number of hydrogen-bond donors (Lipinski definition) is 2. The number of fused-ring (bicyclic) bond motifs is 1. The maximum Gasteiger partial charge on any atom is 0.329 e. The molecule has 8 heteroatoms. The predicted octanol–water partition coefficient (Wildman–Crippen LogP) is -0.0867. The van der Waals surface area contributed by atoms with Gasteiger partial charge in [-0.1, -0.05) is 0 Å². The van der Waals surface area contributed by atoms with Crippen LogP contribution >= 0.6 is 0 Å². The van der Waals surface area contributed by atoms with Gasteiger partial charge in [0, 0.05) is 7.05 Å². The molecular formula is C10H9N5O3. The van der Waals surface area contributed by atoms with Gasteiger partial charge in [-0.3, -0.25) is 14.3 Å². The molecule has 0 radical (unpaired) electrons. The summed E-state index contributed by atoms with van der Waals surface area (Å²) in [6.07, 6.45) is 1.29. The maximum absolute atomic E-state index is 11.6. The summed E-state index contributed by atoms with van der Waals surface area (Å²) in [6.45, 7) is 1.76. The van der Waals surface area contributed by atoms with Gasteiger partial charge >= 0.3 is 5.69 Å². The smallest absolute Gasteiger partial charge is 0.329 e. The maximum atomic E-state index is 11.6. The van der Waals surface area contributed by atoms with Crippen LogP contribution in [0, 0.1) is 6.92 Å². The first-order valence-corrected chi connectivity index (χ1v) is 5.17. The zero-order valence-electron chi connectivity index (χ0n) is 9.64. The third-order valence-corrected chi connectivity index (χ3v) is 2.72. The quantitative estimate of drug-likeness (QED) is 0.624. The first-order valence-electron chi connectivity index (χ1n) is 5.17. The van der Waals surface area contributed by atoms with Gasteiger partial charge in [-0.2, -0.15) is 0 Å². The minimum absolute atomic E-state index is 0.225. The highest BCUT2D eigenvalue weighted by Gasteiger charge is 2.15. The van der Waals surface area contributed by atoms with E-state index in [1.165, 1.54) is 18.0 Å². The van der Waals surface area contributed by atoms with Crippen LogP contribution in [-0.2, 0) is 7.05 Å². The van der Waals surface area contributed by atoms with Gasteiger partial charge in [0.15, 0.2) is 23.6 Å². The molecule has 0 unspecified atom stereocenters. The summed E-state index contributed by atoms with van der Waals surface area (Å²) in [5, 5.41) is 0. The first kappa shape index (κ1) is 10.5. The highest BCUT2D eigenvalue weighted by Crippen LogP contribution is 2.20. The van der Waals surface area contributed by atoms with E-state index in [2.05, 4.69) is 19.9 Å². The van der Waals surface area contributed by atoms with Gasteiger partial charge in [-0.25, -0.2) is 14.8 Å². The van der Waals surface area contributed by atoms with Crippen molar-refractivity contribution in [3.05, 3.63) is 32.9 Å². The zero-order chi connectivity index (χ0) is 12.9. The summed E-state index contributed by atoms with van der Waals surface area (Å²) >= 11 is 0. The van der Waals surface area contributed by atoms with Crippen LogP contribution in [0.2, 0.25) is 0 Å². The molecule has 0 aliphatic rings. The number of imidazole rings is 1. The molecular weight excluding hydrogens is 238 g/mol. The Hall–Kier alpha value is -2.64. The van der Waals surface area contributed by atoms with Crippen LogP contribution in [0.4, 0.5) is 0 Å². The van der Waals surface area contributed by atoms with Crippen LogP contribution in [-0.4, -0.2) is 24.5 Å². The number of oxazole rings is 1. The lowest BCUT2D eigenvalue weighted by molar-refractivity contribution is 0.567. The normalized spacial score (nSPS) is 11.2. The molecule has 18 heavy (non-hydrogen) atoms. The Morgan fingerprint density at radius 2 is 2.11 bits per heavy atom. The molecule has 0 fully saturated rings. The lowest BCUT2D eigenvalue weighted by atomic mass is 10.3. The fourth-order valence-electron chi connectivity index (χ4n) is 1.74. The minimum atomic E-state index is -0.514. The summed E-state index contributed by atoms with van der Waals surface area (Å²) in [6, 6.07) is 0. The fraction of sp³-hybridized carbons (Fsp3) is 0.200. The van der Waals surface area contributed by atoms with E-state index in [1.807, 2.05) is 0 Å². The average molecular weight is 247 g/mol. The van der Waals surface area contributed by atoms with Gasteiger partial charge in [-0.15, -0.1) is 0 Å². The Morgan fingerprint density at radius 1 is 1.33 bits per heavy atom. The van der Waals surface area contributed by atoms with Gasteiger partial charge in [0.05, 0.1) is 5.69 Å². The molecule has 0 atom stereocenters. The topological polar surface area (TPSA) is 110 Å². The molecule has 92 valence electrons. The highest BCUT2D eigenvalue weighted by molar-refractivity contribution is 5.74. The number of hydrogen-bond acceptors (Lipinski definition) is 5. The van der Waals surface area contributed by atoms with Crippen molar-refractivity contribution in [2.24, 2.45) is 7.05 Å². The van der Waals surface area contributed by atoms with Crippen molar-refractivity contribution in [2.45, 2.75) is 6.92 Å². The van der Waals surface area contributed by atoms with E-state index in [0.29, 0.717) is 17.3 Å². The molecule has 2 N–H and O–H groups in total. The number of nitrogens with zero attached hydrogens (tertiary/aromatic N) is 3. The van der Waals surface area contributed by atoms with E-state index in [0.717, 1.165) is 0 Å². The number of rotatable bonds is 1. The molecule has 0 amide bonds. The summed E-state index contributed by atoms with van der Waals surface area (Å²) in [4.78, 5) is 36.2. The lowest BCUT2D eigenvalue weighted by Crippen LogP contribution is -2.28. The minimum Gasteiger partial charge on any atom is -0.440 e. The van der Waals surface area contributed by atoms with Crippen LogP contribution in [0.5, 0.6) is 0 Å². The third kappa shape index (κ3) is 1.32. The van der Waals surface area contributed by atoms with Gasteiger partial charge in [0.2, 0.25) is 0 Å². The van der Waals surface area contributed by atoms with E-state index in [1.54, 1.807) is 6.92 Å². The molecule has 0 saturated heterocycles. The van der Waals surface area contributed by atoms with Crippen LogP contribution in [0.25, 0.3) is 22.7 Å². The molecule has 8 nitrogen and oxygen atoms in total. The number of nitrogens with one attached hydrogen (secondary N) is 2. The standard InChI is InChI=1S/C10H9N5O3/c1-4-6(18-3-11-4)7-12-5-8(13-7)15(2)10(17)14-9(5)16/h3H,1-2H3,(H,12,13)(H,14,16,17). The first-order chi connectivity index (χ1) is 8.58. The Balaban J connectivity index is 2.40. The van der Waals surface area contributed by atoms with Gasteiger partial charge < -0.3 is 9.40 Å². The van der Waals surface area contributed by atoms with E-state index in [-0.39, 0.29) is 11.2 Å². The molecule has 0 bridgehead atoms. The Morgan fingerprint density at radius 3 is 2.78 bits per heavy atom. The predicted molar refractivity (Wildman–Crippen MR) is 62.2 cm³/mol. The van der Waals surface area contributed by atoms with Crippen molar-refractivity contribution >= 4 is 11.2 Å². The summed E-state index contributed by atoms with van der Waals surface area (Å²) in [5.74, 6) is 0.810. The van der Waals surface area contributed by atoms with E-state index in [4.69, 9.17) is 4.42 Å². The SMILES string of the molecule is Cc1ncoc1-c1nc2c([nH]1)c(=O)[nH]c(=O)n2C. The van der Waals surface area contributed by atoms with Gasteiger partial charge in [-0.05, 0) is 6.92 Å². The second-order valence-electron chi connectivity index (χ2n) is 3.87. The fourth-order valence-corrected chi connectivity index (χ4v) is 1.74. The van der Waals surface area contributed by atoms with Crippen molar-refractivity contribution in [1.29, 1.82) is 0 Å². The molecule has 0 saturated carbocycles. The number of aromatic amines is 2. The molecule has 0 aliphatic heterocycles. The largest absolute Gasteiger partial charge is 0.440 e. The van der Waals surface area contributed by atoms with Crippen LogP contribution in [0.15, 0.2) is 20.4 Å². The average Bonchev–Trinajstić information content (AvgIpc) is 2.92. The Bertz CT molecular complexity index is 850. The molecule has 3 rings (SSSR count). The Kier molecular flexibility index (Phi) is 2.00. The number of aryl methyl sites for hydroxylation is 2. The molecule has 3 heterocycles. The van der Waals surface area contributed by atoms with E-state index < -0.39 is 11.2 Å². The summed E-state index contributed by atoms with van der Waals surface area (Å²) < 4.78 is 6.44. The van der Waals surface area contributed by atoms with Gasteiger partial charge in [0.1, 0.15) is 5.52 Å². The van der Waals surface area contributed by atoms with Crippen LogP contribution < -0.4 is 11.2 Å².